The lowest BCUT2D eigenvalue weighted by Crippen LogP contribution is -2.32. The number of fused-ring (bicyclic) bond motifs is 1. The predicted molar refractivity (Wildman–Crippen MR) is 121 cm³/mol. The van der Waals surface area contributed by atoms with Gasteiger partial charge in [-0.15, -0.1) is 5.92 Å². The topological polar surface area (TPSA) is 40.5 Å². The Bertz CT molecular complexity index is 883. The maximum Gasteiger partial charge on any atom is 0.402 e. The Morgan fingerprint density at radius 2 is 2.00 bits per heavy atom. The molecule has 3 aliphatic carbocycles. The molecule has 3 aliphatic rings. The average molecular weight is 449 g/mol. The van der Waals surface area contributed by atoms with Gasteiger partial charge in [-0.05, 0) is 67.4 Å². The van der Waals surface area contributed by atoms with Gasteiger partial charge < -0.3 is 10.2 Å². The minimum atomic E-state index is -4.27. The van der Waals surface area contributed by atoms with Gasteiger partial charge in [0.25, 0.3) is 0 Å². The summed E-state index contributed by atoms with van der Waals surface area (Å²) >= 11 is 0. The van der Waals surface area contributed by atoms with Crippen molar-refractivity contribution in [2.75, 3.05) is 0 Å². The number of aliphatic hydroxyl groups is 2. The van der Waals surface area contributed by atoms with Crippen LogP contribution in [0.2, 0.25) is 0 Å². The summed E-state index contributed by atoms with van der Waals surface area (Å²) < 4.78 is 38.1. The van der Waals surface area contributed by atoms with E-state index in [1.165, 1.54) is 11.1 Å². The number of hydrogen-bond donors (Lipinski definition) is 2. The van der Waals surface area contributed by atoms with Crippen molar-refractivity contribution in [3.05, 3.63) is 47.1 Å². The maximum atomic E-state index is 12.7. The Morgan fingerprint density at radius 3 is 2.69 bits per heavy atom. The third kappa shape index (κ3) is 5.24. The van der Waals surface area contributed by atoms with E-state index in [0.717, 1.165) is 38.2 Å². The third-order valence-electron chi connectivity index (χ3n) is 7.62. The largest absolute Gasteiger partial charge is 0.402 e. The average Bonchev–Trinajstić information content (AvgIpc) is 3.06. The standard InChI is InChI=1S/C27H35F3O2/c1-17(7-5-8-18(2)27(28,29)30)23-12-13-24-20(9-6-14-26(23,24)4)10-11-21-15-22(31)16-25(32)19(21)3/h10-12,17-18,22,24-25,31-32H,3,6-7,9,13-16H2,1-2,4H3/b20-10+,21-11-/t17-,18?,22-,24+,25+,26-/m1/s1. The lowest BCUT2D eigenvalue weighted by molar-refractivity contribution is -0.153. The highest BCUT2D eigenvalue weighted by atomic mass is 19.4. The fraction of sp³-hybridized carbons (Fsp3) is 0.630. The number of aliphatic hydroxyl groups excluding tert-OH is 2. The molecule has 0 aliphatic heterocycles. The van der Waals surface area contributed by atoms with Crippen LogP contribution >= 0.6 is 0 Å². The van der Waals surface area contributed by atoms with Gasteiger partial charge in [0.2, 0.25) is 0 Å². The molecule has 5 heteroatoms. The Balaban J connectivity index is 1.73. The number of halogens is 3. The molecule has 3 rings (SSSR count). The molecule has 176 valence electrons. The number of alkyl halides is 3. The fourth-order valence-corrected chi connectivity index (χ4v) is 5.64. The lowest BCUT2D eigenvalue weighted by Gasteiger charge is -2.42. The second-order valence-corrected chi connectivity index (χ2v) is 9.98. The number of allylic oxidation sites excluding steroid dienone is 5. The summed E-state index contributed by atoms with van der Waals surface area (Å²) in [4.78, 5) is 0. The Morgan fingerprint density at radius 1 is 1.28 bits per heavy atom. The van der Waals surface area contributed by atoms with E-state index in [1.807, 2.05) is 6.08 Å². The van der Waals surface area contributed by atoms with Crippen LogP contribution in [0.15, 0.2) is 47.1 Å². The van der Waals surface area contributed by atoms with Crippen LogP contribution < -0.4 is 0 Å². The Hall–Kier alpha value is -1.77. The van der Waals surface area contributed by atoms with Gasteiger partial charge in [0, 0.05) is 12.8 Å². The summed E-state index contributed by atoms with van der Waals surface area (Å²) in [5.74, 6) is 4.05. The second-order valence-electron chi connectivity index (χ2n) is 9.98. The van der Waals surface area contributed by atoms with Gasteiger partial charge in [0.1, 0.15) is 5.92 Å². The van der Waals surface area contributed by atoms with E-state index in [9.17, 15) is 23.4 Å². The molecule has 0 radical (unpaired) electrons. The van der Waals surface area contributed by atoms with Gasteiger partial charge in [-0.1, -0.05) is 55.7 Å². The van der Waals surface area contributed by atoms with Crippen LogP contribution in [0.5, 0.6) is 0 Å². The van der Waals surface area contributed by atoms with E-state index in [-0.39, 0.29) is 11.3 Å². The molecule has 2 fully saturated rings. The third-order valence-corrected chi connectivity index (χ3v) is 7.62. The van der Waals surface area contributed by atoms with Gasteiger partial charge in [0.15, 0.2) is 0 Å². The van der Waals surface area contributed by atoms with Crippen molar-refractivity contribution in [2.24, 2.45) is 23.2 Å². The Kier molecular flexibility index (Phi) is 7.47. The van der Waals surface area contributed by atoms with Crippen molar-refractivity contribution in [1.82, 2.24) is 0 Å². The molecule has 0 bridgehead atoms. The summed E-state index contributed by atoms with van der Waals surface area (Å²) in [6.45, 7) is 9.45. The first-order valence-corrected chi connectivity index (χ1v) is 11.6. The van der Waals surface area contributed by atoms with E-state index >= 15 is 0 Å². The van der Waals surface area contributed by atoms with Crippen molar-refractivity contribution in [3.63, 3.8) is 0 Å². The molecular formula is C27H35F3O2. The van der Waals surface area contributed by atoms with Crippen molar-refractivity contribution in [2.45, 2.75) is 84.1 Å². The van der Waals surface area contributed by atoms with Gasteiger partial charge in [-0.3, -0.25) is 0 Å². The van der Waals surface area contributed by atoms with Crippen molar-refractivity contribution in [1.29, 1.82) is 0 Å². The molecule has 2 saturated carbocycles. The number of rotatable bonds is 3. The first-order valence-electron chi connectivity index (χ1n) is 11.6. The molecule has 0 aromatic heterocycles. The van der Waals surface area contributed by atoms with Crippen LogP contribution in [0.3, 0.4) is 0 Å². The molecule has 6 atom stereocenters. The zero-order valence-electron chi connectivity index (χ0n) is 19.3. The minimum absolute atomic E-state index is 0.00192. The lowest BCUT2D eigenvalue weighted by atomic mass is 9.62. The molecule has 0 aromatic rings. The molecule has 0 saturated heterocycles. The zero-order chi connectivity index (χ0) is 23.7. The monoisotopic (exact) mass is 448 g/mol. The van der Waals surface area contributed by atoms with E-state index in [1.54, 1.807) is 0 Å². The zero-order valence-corrected chi connectivity index (χ0v) is 19.3. The second kappa shape index (κ2) is 9.61. The van der Waals surface area contributed by atoms with Crippen LogP contribution in [0.25, 0.3) is 0 Å². The summed E-state index contributed by atoms with van der Waals surface area (Å²) in [5.41, 5.74) is 4.29. The molecule has 2 nitrogen and oxygen atoms in total. The van der Waals surface area contributed by atoms with E-state index < -0.39 is 24.3 Å². The van der Waals surface area contributed by atoms with E-state index in [0.29, 0.717) is 30.8 Å². The van der Waals surface area contributed by atoms with Crippen LogP contribution in [0, 0.1) is 35.0 Å². The highest BCUT2D eigenvalue weighted by Gasteiger charge is 2.45. The normalized spacial score (nSPS) is 35.2. The molecule has 0 amide bonds. The molecule has 0 heterocycles. The fourth-order valence-electron chi connectivity index (χ4n) is 5.64. The van der Waals surface area contributed by atoms with Crippen LogP contribution in [0.1, 0.15) is 65.7 Å². The van der Waals surface area contributed by atoms with Gasteiger partial charge in [-0.2, -0.15) is 13.2 Å². The van der Waals surface area contributed by atoms with E-state index in [4.69, 9.17) is 0 Å². The molecule has 0 spiro atoms. The van der Waals surface area contributed by atoms with E-state index in [2.05, 4.69) is 44.4 Å². The molecular weight excluding hydrogens is 413 g/mol. The van der Waals surface area contributed by atoms with Crippen LogP contribution in [-0.2, 0) is 0 Å². The van der Waals surface area contributed by atoms with Gasteiger partial charge >= 0.3 is 6.18 Å². The predicted octanol–water partition coefficient (Wildman–Crippen LogP) is 6.28. The first-order chi connectivity index (χ1) is 14.9. The SMILES string of the molecule is C=C1/C(=C\C=C2/CCC[C@]3(C)C([C@H](C)CC#CC(C)C(F)(F)F)=CC[C@@H]23)C[C@@H](O)C[C@@H]1O. The molecule has 2 N–H and O–H groups in total. The maximum absolute atomic E-state index is 12.7. The summed E-state index contributed by atoms with van der Waals surface area (Å²) in [7, 11) is 0. The quantitative estimate of drug-likeness (QED) is 0.394. The summed E-state index contributed by atoms with van der Waals surface area (Å²) in [5, 5.41) is 20.1. The van der Waals surface area contributed by atoms with Crippen molar-refractivity contribution >= 4 is 0 Å². The molecule has 0 aromatic carbocycles. The highest BCUT2D eigenvalue weighted by molar-refractivity contribution is 5.40. The number of hydrogen-bond acceptors (Lipinski definition) is 2. The molecule has 1 unspecified atom stereocenters. The molecule has 32 heavy (non-hydrogen) atoms. The van der Waals surface area contributed by atoms with Crippen LogP contribution in [-0.4, -0.2) is 28.6 Å². The van der Waals surface area contributed by atoms with Crippen molar-refractivity contribution < 1.29 is 23.4 Å². The smallest absolute Gasteiger partial charge is 0.393 e. The summed E-state index contributed by atoms with van der Waals surface area (Å²) in [6.07, 6.45) is 6.31. The summed E-state index contributed by atoms with van der Waals surface area (Å²) in [6, 6.07) is 0. The van der Waals surface area contributed by atoms with Crippen molar-refractivity contribution in [3.8, 4) is 11.8 Å². The first kappa shape index (κ1) is 24.9. The Labute approximate surface area is 190 Å². The van der Waals surface area contributed by atoms with Gasteiger partial charge in [-0.25, -0.2) is 0 Å². The highest BCUT2D eigenvalue weighted by Crippen LogP contribution is 2.56. The van der Waals surface area contributed by atoms with Crippen LogP contribution in [0.4, 0.5) is 13.2 Å². The minimum Gasteiger partial charge on any atom is -0.393 e. The van der Waals surface area contributed by atoms with Gasteiger partial charge in [0.05, 0.1) is 12.2 Å².